The molecule has 0 radical (unpaired) electrons. The average molecular weight is 239 g/mol. The molecule has 0 aliphatic heterocycles. The van der Waals surface area contributed by atoms with Gasteiger partial charge < -0.3 is 10.5 Å². The molecule has 1 aromatic heterocycles. The number of nitrogen functional groups attached to an aromatic ring is 1. The third-order valence-electron chi connectivity index (χ3n) is 1.56. The van der Waals surface area contributed by atoms with Crippen molar-refractivity contribution in [1.29, 1.82) is 0 Å². The summed E-state index contributed by atoms with van der Waals surface area (Å²) in [4.78, 5) is 10.2. The van der Waals surface area contributed by atoms with Crippen molar-refractivity contribution in [3.63, 3.8) is 0 Å². The van der Waals surface area contributed by atoms with E-state index in [4.69, 9.17) is 5.73 Å². The van der Waals surface area contributed by atoms with E-state index in [2.05, 4.69) is 4.74 Å². The van der Waals surface area contributed by atoms with Gasteiger partial charge in [-0.15, -0.1) is 11.3 Å². The van der Waals surface area contributed by atoms with Gasteiger partial charge in [-0.05, 0) is 6.92 Å². The van der Waals surface area contributed by atoms with E-state index in [1.54, 1.807) is 0 Å². The lowest BCUT2D eigenvalue weighted by molar-refractivity contribution is -0.134. The van der Waals surface area contributed by atoms with Crippen LogP contribution in [0.3, 0.4) is 0 Å². The summed E-state index contributed by atoms with van der Waals surface area (Å²) in [5.41, 5.74) is 4.49. The molecule has 1 aromatic rings. The molecule has 0 aliphatic rings. The van der Waals surface area contributed by atoms with Crippen LogP contribution in [0.25, 0.3) is 0 Å². The maximum absolute atomic E-state index is 12.4. The van der Waals surface area contributed by atoms with Crippen LogP contribution < -0.4 is 5.73 Å². The summed E-state index contributed by atoms with van der Waals surface area (Å²) in [6, 6.07) is 0. The number of alkyl halides is 3. The van der Waals surface area contributed by atoms with Crippen LogP contribution in [0.15, 0.2) is 5.38 Å². The molecule has 3 nitrogen and oxygen atoms in total. The highest BCUT2D eigenvalue weighted by Gasteiger charge is 2.38. The zero-order valence-corrected chi connectivity index (χ0v) is 8.54. The van der Waals surface area contributed by atoms with Crippen molar-refractivity contribution in [2.45, 2.75) is 13.1 Å². The zero-order valence-electron chi connectivity index (χ0n) is 7.72. The molecule has 0 amide bonds. The third kappa shape index (κ3) is 2.41. The minimum absolute atomic E-state index is 0.00537. The molecule has 0 atom stereocenters. The Morgan fingerprint density at radius 1 is 1.60 bits per heavy atom. The first-order chi connectivity index (χ1) is 6.88. The van der Waals surface area contributed by atoms with E-state index < -0.39 is 22.6 Å². The number of thiophene rings is 1. The maximum atomic E-state index is 12.4. The summed E-state index contributed by atoms with van der Waals surface area (Å²) in [6.07, 6.45) is -4.58. The number of halogens is 3. The lowest BCUT2D eigenvalue weighted by Gasteiger charge is -2.07. The van der Waals surface area contributed by atoms with Gasteiger partial charge in [-0.25, -0.2) is 4.79 Å². The summed E-state index contributed by atoms with van der Waals surface area (Å²) >= 11 is 0.386. The highest BCUT2D eigenvalue weighted by atomic mass is 32.1. The summed E-state index contributed by atoms with van der Waals surface area (Å²) in [5, 5.41) is 1.08. The summed E-state index contributed by atoms with van der Waals surface area (Å²) < 4.78 is 41.7. The molecular formula is C8H8F3NO2S. The fourth-order valence-corrected chi connectivity index (χ4v) is 1.81. The standard InChI is InChI=1S/C8H8F3NO2S/c1-2-14-7(13)5-4(12)3-15-6(5)8(9,10)11/h3H,2,12H2,1H3. The molecule has 0 aliphatic carbocycles. The Labute approximate surface area is 87.6 Å². The first-order valence-corrected chi connectivity index (χ1v) is 4.87. The van der Waals surface area contributed by atoms with Gasteiger partial charge in [0.05, 0.1) is 12.3 Å². The number of rotatable bonds is 2. The molecular weight excluding hydrogens is 231 g/mol. The fraction of sp³-hybridized carbons (Fsp3) is 0.375. The number of nitrogens with two attached hydrogens (primary N) is 1. The lowest BCUT2D eigenvalue weighted by atomic mass is 10.2. The molecule has 7 heteroatoms. The number of hydrogen-bond donors (Lipinski definition) is 1. The van der Waals surface area contributed by atoms with Crippen molar-refractivity contribution >= 4 is 23.0 Å². The Bertz CT molecular complexity index is 372. The summed E-state index contributed by atoms with van der Waals surface area (Å²) in [7, 11) is 0. The van der Waals surface area contributed by atoms with Crippen LogP contribution >= 0.6 is 11.3 Å². The number of anilines is 1. The molecule has 0 bridgehead atoms. The van der Waals surface area contributed by atoms with Gasteiger partial charge in [0.15, 0.2) is 0 Å². The second kappa shape index (κ2) is 4.09. The molecule has 1 heterocycles. The number of carbonyl (C=O) groups excluding carboxylic acids is 1. The molecule has 0 spiro atoms. The van der Waals surface area contributed by atoms with Crippen molar-refractivity contribution in [3.8, 4) is 0 Å². The maximum Gasteiger partial charge on any atom is 0.426 e. The van der Waals surface area contributed by atoms with Gasteiger partial charge in [0.25, 0.3) is 0 Å². The number of carbonyl (C=O) groups is 1. The average Bonchev–Trinajstić information content (AvgIpc) is 2.46. The predicted molar refractivity (Wildman–Crippen MR) is 49.7 cm³/mol. The fourth-order valence-electron chi connectivity index (χ4n) is 0.994. The topological polar surface area (TPSA) is 52.3 Å². The van der Waals surface area contributed by atoms with E-state index in [0.29, 0.717) is 11.3 Å². The van der Waals surface area contributed by atoms with Crippen molar-refractivity contribution < 1.29 is 22.7 Å². The molecule has 0 fully saturated rings. The van der Waals surface area contributed by atoms with Crippen LogP contribution in [-0.2, 0) is 10.9 Å². The Kier molecular flexibility index (Phi) is 3.23. The van der Waals surface area contributed by atoms with E-state index in [-0.39, 0.29) is 12.3 Å². The molecule has 0 saturated heterocycles. The molecule has 0 unspecified atom stereocenters. The van der Waals surface area contributed by atoms with E-state index in [0.717, 1.165) is 5.38 Å². The van der Waals surface area contributed by atoms with Gasteiger partial charge >= 0.3 is 12.1 Å². The minimum atomic E-state index is -4.58. The normalized spacial score (nSPS) is 11.5. The highest BCUT2D eigenvalue weighted by molar-refractivity contribution is 7.11. The van der Waals surface area contributed by atoms with Gasteiger partial charge in [0.1, 0.15) is 10.4 Å². The van der Waals surface area contributed by atoms with E-state index in [1.807, 2.05) is 0 Å². The minimum Gasteiger partial charge on any atom is -0.462 e. The number of ether oxygens (including phenoxy) is 1. The molecule has 0 saturated carbocycles. The van der Waals surface area contributed by atoms with Crippen LogP contribution in [0, 0.1) is 0 Å². The van der Waals surface area contributed by atoms with Crippen molar-refractivity contribution in [2.75, 3.05) is 12.3 Å². The largest absolute Gasteiger partial charge is 0.462 e. The first-order valence-electron chi connectivity index (χ1n) is 3.99. The lowest BCUT2D eigenvalue weighted by Crippen LogP contribution is -2.13. The number of esters is 1. The molecule has 0 aromatic carbocycles. The highest BCUT2D eigenvalue weighted by Crippen LogP contribution is 2.39. The first kappa shape index (κ1) is 11.8. The van der Waals surface area contributed by atoms with E-state index >= 15 is 0 Å². The monoisotopic (exact) mass is 239 g/mol. The van der Waals surface area contributed by atoms with Crippen molar-refractivity contribution in [3.05, 3.63) is 15.8 Å². The van der Waals surface area contributed by atoms with Crippen molar-refractivity contribution in [2.24, 2.45) is 0 Å². The van der Waals surface area contributed by atoms with Crippen LogP contribution in [0.5, 0.6) is 0 Å². The summed E-state index contributed by atoms with van der Waals surface area (Å²) in [6.45, 7) is 1.51. The second-order valence-corrected chi connectivity index (χ2v) is 3.49. The van der Waals surface area contributed by atoms with Crippen LogP contribution in [0.1, 0.15) is 22.2 Å². The Balaban J connectivity index is 3.16. The van der Waals surface area contributed by atoms with E-state index in [9.17, 15) is 18.0 Å². The third-order valence-corrected chi connectivity index (χ3v) is 2.60. The SMILES string of the molecule is CCOC(=O)c1c(N)csc1C(F)(F)F. The molecule has 2 N–H and O–H groups in total. The molecule has 84 valence electrons. The molecule has 15 heavy (non-hydrogen) atoms. The van der Waals surface area contributed by atoms with Crippen LogP contribution in [0.4, 0.5) is 18.9 Å². The number of hydrogen-bond acceptors (Lipinski definition) is 4. The molecule has 1 rings (SSSR count). The quantitative estimate of drug-likeness (QED) is 0.807. The predicted octanol–water partition coefficient (Wildman–Crippen LogP) is 2.53. The zero-order chi connectivity index (χ0) is 11.6. The van der Waals surface area contributed by atoms with Crippen LogP contribution in [-0.4, -0.2) is 12.6 Å². The summed E-state index contributed by atoms with van der Waals surface area (Å²) in [5.74, 6) is -1.04. The second-order valence-electron chi connectivity index (χ2n) is 2.61. The van der Waals surface area contributed by atoms with Gasteiger partial charge in [0, 0.05) is 5.38 Å². The van der Waals surface area contributed by atoms with Crippen molar-refractivity contribution in [1.82, 2.24) is 0 Å². The van der Waals surface area contributed by atoms with Gasteiger partial charge in [-0.3, -0.25) is 0 Å². The Morgan fingerprint density at radius 3 is 2.67 bits per heavy atom. The van der Waals surface area contributed by atoms with Gasteiger partial charge in [-0.2, -0.15) is 13.2 Å². The van der Waals surface area contributed by atoms with Gasteiger partial charge in [0.2, 0.25) is 0 Å². The Hall–Kier alpha value is -1.24. The van der Waals surface area contributed by atoms with Gasteiger partial charge in [-0.1, -0.05) is 0 Å². The Morgan fingerprint density at radius 2 is 2.20 bits per heavy atom. The van der Waals surface area contributed by atoms with E-state index in [1.165, 1.54) is 6.92 Å². The van der Waals surface area contributed by atoms with Crippen LogP contribution in [0.2, 0.25) is 0 Å². The smallest absolute Gasteiger partial charge is 0.426 e.